The molecule has 2 aromatic carbocycles. The highest BCUT2D eigenvalue weighted by Crippen LogP contribution is 2.35. The van der Waals surface area contributed by atoms with Crippen LogP contribution in [0, 0.1) is 13.8 Å². The standard InChI is InChI=1S/C24H28ClN3O3/c1-4-27-10-12-28(13-11-27)14-17-20(29)8-9-21-23(17)22(16(3)31-21)24(30)26-19-7-5-6-18(25)15(19)2/h5-9,29H,4,10-14H2,1-3H3,(H,26,30). The average molecular weight is 442 g/mol. The molecule has 2 heterocycles. The van der Waals surface area contributed by atoms with Crippen LogP contribution in [0.15, 0.2) is 34.7 Å². The van der Waals surface area contributed by atoms with Gasteiger partial charge in [0.05, 0.1) is 5.56 Å². The monoisotopic (exact) mass is 441 g/mol. The molecule has 2 N–H and O–H groups in total. The number of nitrogens with one attached hydrogen (secondary N) is 1. The van der Waals surface area contributed by atoms with Gasteiger partial charge < -0.3 is 19.7 Å². The summed E-state index contributed by atoms with van der Waals surface area (Å²) in [6.45, 7) is 11.3. The number of fused-ring (bicyclic) bond motifs is 1. The minimum atomic E-state index is -0.274. The van der Waals surface area contributed by atoms with E-state index in [1.807, 2.05) is 13.0 Å². The summed E-state index contributed by atoms with van der Waals surface area (Å²) in [7, 11) is 0. The first-order chi connectivity index (χ1) is 14.9. The zero-order valence-corrected chi connectivity index (χ0v) is 18.9. The summed E-state index contributed by atoms with van der Waals surface area (Å²) in [5.74, 6) is 0.429. The maximum atomic E-state index is 13.3. The molecule has 0 unspecified atom stereocenters. The highest BCUT2D eigenvalue weighted by atomic mass is 35.5. The van der Waals surface area contributed by atoms with Crippen molar-refractivity contribution in [2.24, 2.45) is 0 Å². The third-order valence-corrected chi connectivity index (χ3v) is 6.56. The van der Waals surface area contributed by atoms with E-state index in [0.717, 1.165) is 43.9 Å². The zero-order valence-electron chi connectivity index (χ0n) is 18.2. The molecule has 6 nitrogen and oxygen atoms in total. The van der Waals surface area contributed by atoms with E-state index < -0.39 is 0 Å². The Balaban J connectivity index is 1.69. The molecule has 0 atom stereocenters. The number of carbonyl (C=O) groups excluding carboxylic acids is 1. The fourth-order valence-corrected chi connectivity index (χ4v) is 4.39. The lowest BCUT2D eigenvalue weighted by molar-refractivity contribution is 0.102. The minimum absolute atomic E-state index is 0.180. The van der Waals surface area contributed by atoms with Crippen LogP contribution in [0.25, 0.3) is 11.0 Å². The third-order valence-electron chi connectivity index (χ3n) is 6.15. The number of benzene rings is 2. The normalized spacial score (nSPS) is 15.5. The molecular weight excluding hydrogens is 414 g/mol. The van der Waals surface area contributed by atoms with E-state index in [2.05, 4.69) is 22.0 Å². The molecule has 0 radical (unpaired) electrons. The number of rotatable bonds is 5. The van der Waals surface area contributed by atoms with Gasteiger partial charge in [0, 0.05) is 54.4 Å². The van der Waals surface area contributed by atoms with Crippen LogP contribution in [0.1, 0.15) is 34.2 Å². The van der Waals surface area contributed by atoms with Gasteiger partial charge in [-0.3, -0.25) is 9.69 Å². The lowest BCUT2D eigenvalue weighted by Gasteiger charge is -2.34. The summed E-state index contributed by atoms with van der Waals surface area (Å²) < 4.78 is 5.91. The number of halogens is 1. The van der Waals surface area contributed by atoms with Crippen LogP contribution >= 0.6 is 11.6 Å². The highest BCUT2D eigenvalue weighted by Gasteiger charge is 2.25. The van der Waals surface area contributed by atoms with Crippen LogP contribution in [-0.4, -0.2) is 53.5 Å². The first kappa shape index (κ1) is 21.7. The van der Waals surface area contributed by atoms with Crippen LogP contribution in [0.4, 0.5) is 5.69 Å². The molecule has 0 saturated carbocycles. The smallest absolute Gasteiger partial charge is 0.259 e. The predicted molar refractivity (Wildman–Crippen MR) is 124 cm³/mol. The Labute approximate surface area is 187 Å². The number of furan rings is 1. The van der Waals surface area contributed by atoms with Gasteiger partial charge in [-0.1, -0.05) is 24.6 Å². The maximum Gasteiger partial charge on any atom is 0.259 e. The number of nitrogens with zero attached hydrogens (tertiary/aromatic N) is 2. The van der Waals surface area contributed by atoms with Crippen LogP contribution in [-0.2, 0) is 6.54 Å². The maximum absolute atomic E-state index is 13.3. The molecule has 1 saturated heterocycles. The number of hydrogen-bond acceptors (Lipinski definition) is 5. The van der Waals surface area contributed by atoms with Gasteiger partial charge >= 0.3 is 0 Å². The van der Waals surface area contributed by atoms with Gasteiger partial charge in [-0.2, -0.15) is 0 Å². The summed E-state index contributed by atoms with van der Waals surface area (Å²) in [4.78, 5) is 18.0. The van der Waals surface area contributed by atoms with Gasteiger partial charge in [0.2, 0.25) is 0 Å². The molecule has 0 bridgehead atoms. The number of phenols is 1. The molecular formula is C24H28ClN3O3. The Morgan fingerprint density at radius 1 is 1.13 bits per heavy atom. The fraction of sp³-hybridized carbons (Fsp3) is 0.375. The molecule has 1 fully saturated rings. The molecule has 1 aliphatic heterocycles. The summed E-state index contributed by atoms with van der Waals surface area (Å²) in [5, 5.41) is 14.9. The number of anilines is 1. The second-order valence-corrected chi connectivity index (χ2v) is 8.45. The molecule has 7 heteroatoms. The topological polar surface area (TPSA) is 69.0 Å². The number of carbonyl (C=O) groups is 1. The van der Waals surface area contributed by atoms with Crippen molar-refractivity contribution < 1.29 is 14.3 Å². The molecule has 164 valence electrons. The Kier molecular flexibility index (Phi) is 6.23. The van der Waals surface area contributed by atoms with Crippen molar-refractivity contribution in [2.75, 3.05) is 38.0 Å². The van der Waals surface area contributed by atoms with E-state index >= 15 is 0 Å². The van der Waals surface area contributed by atoms with Gasteiger partial charge in [-0.25, -0.2) is 0 Å². The van der Waals surface area contributed by atoms with Crippen LogP contribution < -0.4 is 5.32 Å². The highest BCUT2D eigenvalue weighted by molar-refractivity contribution is 6.31. The zero-order chi connectivity index (χ0) is 22.1. The summed E-state index contributed by atoms with van der Waals surface area (Å²) in [5.41, 5.74) is 3.24. The molecule has 0 spiro atoms. The average Bonchev–Trinajstić information content (AvgIpc) is 3.10. The summed E-state index contributed by atoms with van der Waals surface area (Å²) >= 11 is 6.21. The van der Waals surface area contributed by atoms with Gasteiger partial charge in [-0.05, 0) is 50.2 Å². The Hall–Kier alpha value is -2.54. The molecule has 1 aliphatic rings. The largest absolute Gasteiger partial charge is 0.508 e. The Morgan fingerprint density at radius 2 is 1.84 bits per heavy atom. The molecule has 0 aliphatic carbocycles. The van der Waals surface area contributed by atoms with E-state index in [0.29, 0.717) is 39.5 Å². The van der Waals surface area contributed by atoms with Crippen LogP contribution in [0.3, 0.4) is 0 Å². The number of hydrogen-bond donors (Lipinski definition) is 2. The van der Waals surface area contributed by atoms with Gasteiger partial charge in [0.15, 0.2) is 0 Å². The second-order valence-electron chi connectivity index (χ2n) is 8.05. The SMILES string of the molecule is CCN1CCN(Cc2c(O)ccc3oc(C)c(C(=O)Nc4cccc(Cl)c4C)c23)CC1. The van der Waals surface area contributed by atoms with Gasteiger partial charge in [0.25, 0.3) is 5.91 Å². The summed E-state index contributed by atoms with van der Waals surface area (Å²) in [6.07, 6.45) is 0. The molecule has 3 aromatic rings. The number of piperazine rings is 1. The van der Waals surface area contributed by atoms with Crippen molar-refractivity contribution in [1.82, 2.24) is 9.80 Å². The lowest BCUT2D eigenvalue weighted by Crippen LogP contribution is -2.45. The third kappa shape index (κ3) is 4.28. The first-order valence-corrected chi connectivity index (χ1v) is 11.0. The van der Waals surface area contributed by atoms with E-state index in [-0.39, 0.29) is 11.7 Å². The molecule has 1 amide bonds. The second kappa shape index (κ2) is 8.91. The van der Waals surface area contributed by atoms with Crippen LogP contribution in [0.2, 0.25) is 5.02 Å². The Bertz CT molecular complexity index is 1120. The number of phenolic OH excluding ortho intramolecular Hbond substituents is 1. The first-order valence-electron chi connectivity index (χ1n) is 10.6. The van der Waals surface area contributed by atoms with Crippen molar-refractivity contribution in [3.8, 4) is 5.75 Å². The van der Waals surface area contributed by atoms with Crippen molar-refractivity contribution in [1.29, 1.82) is 0 Å². The van der Waals surface area contributed by atoms with Crippen molar-refractivity contribution in [2.45, 2.75) is 27.3 Å². The minimum Gasteiger partial charge on any atom is -0.508 e. The van der Waals surface area contributed by atoms with E-state index in [4.69, 9.17) is 16.0 Å². The Morgan fingerprint density at radius 3 is 2.55 bits per heavy atom. The quantitative estimate of drug-likeness (QED) is 0.595. The van der Waals surface area contributed by atoms with E-state index in [1.54, 1.807) is 31.2 Å². The number of likely N-dealkylation sites (N-methyl/N-ethyl adjacent to an activating group) is 1. The van der Waals surface area contributed by atoms with Crippen LogP contribution in [0.5, 0.6) is 5.75 Å². The fourth-order valence-electron chi connectivity index (χ4n) is 4.21. The van der Waals surface area contributed by atoms with Gasteiger partial charge in [-0.15, -0.1) is 0 Å². The van der Waals surface area contributed by atoms with Crippen molar-refractivity contribution in [3.05, 3.63) is 57.8 Å². The number of aryl methyl sites for hydroxylation is 1. The van der Waals surface area contributed by atoms with Gasteiger partial charge in [0.1, 0.15) is 17.1 Å². The molecule has 31 heavy (non-hydrogen) atoms. The number of aromatic hydroxyl groups is 1. The van der Waals surface area contributed by atoms with Crippen molar-refractivity contribution >= 4 is 34.2 Å². The summed E-state index contributed by atoms with van der Waals surface area (Å²) in [6, 6.07) is 8.78. The van der Waals surface area contributed by atoms with Crippen molar-refractivity contribution in [3.63, 3.8) is 0 Å². The van der Waals surface area contributed by atoms with E-state index in [9.17, 15) is 9.90 Å². The molecule has 4 rings (SSSR count). The predicted octanol–water partition coefficient (Wildman–Crippen LogP) is 4.80. The molecule has 1 aromatic heterocycles. The van der Waals surface area contributed by atoms with E-state index in [1.165, 1.54) is 0 Å². The number of amides is 1. The lowest BCUT2D eigenvalue weighted by atomic mass is 10.0.